The van der Waals surface area contributed by atoms with Crippen molar-refractivity contribution >= 4 is 10.0 Å². The van der Waals surface area contributed by atoms with E-state index < -0.39 is 15.3 Å². The first-order valence-electron chi connectivity index (χ1n) is 6.78. The molecule has 1 saturated carbocycles. The molecular formula is C12H24N2O2S. The minimum Gasteiger partial charge on any atom is -0.329 e. The Balaban J connectivity index is 2.19. The van der Waals surface area contributed by atoms with Gasteiger partial charge in [-0.2, -0.15) is 4.31 Å². The summed E-state index contributed by atoms with van der Waals surface area (Å²) in [5.74, 6) is 0.595. The summed E-state index contributed by atoms with van der Waals surface area (Å²) >= 11 is 0. The number of sulfonamides is 1. The molecule has 0 aromatic rings. The number of rotatable bonds is 3. The maximum absolute atomic E-state index is 12.4. The zero-order valence-corrected chi connectivity index (χ0v) is 11.5. The summed E-state index contributed by atoms with van der Waals surface area (Å²) in [5.41, 5.74) is 5.53. The molecule has 100 valence electrons. The second-order valence-corrected chi connectivity index (χ2v) is 7.76. The largest absolute Gasteiger partial charge is 0.329 e. The van der Waals surface area contributed by atoms with Crippen molar-refractivity contribution < 1.29 is 8.42 Å². The smallest absolute Gasteiger partial charge is 0.218 e. The van der Waals surface area contributed by atoms with Crippen LogP contribution in [0, 0.1) is 5.92 Å². The Kier molecular flexibility index (Phi) is 4.10. The lowest BCUT2D eigenvalue weighted by Gasteiger charge is -2.44. The van der Waals surface area contributed by atoms with E-state index in [1.807, 2.05) is 0 Å². The van der Waals surface area contributed by atoms with Gasteiger partial charge < -0.3 is 5.73 Å². The summed E-state index contributed by atoms with van der Waals surface area (Å²) in [5, 5.41) is -0.442. The molecule has 4 nitrogen and oxygen atoms in total. The molecule has 0 radical (unpaired) electrons. The zero-order chi connectivity index (χ0) is 12.5. The minimum atomic E-state index is -3.17. The highest BCUT2D eigenvalue weighted by molar-refractivity contribution is 7.89. The fourth-order valence-electron chi connectivity index (χ4n) is 3.25. The van der Waals surface area contributed by atoms with Gasteiger partial charge in [-0.15, -0.1) is 0 Å². The Morgan fingerprint density at radius 2 is 1.88 bits per heavy atom. The van der Waals surface area contributed by atoms with Crippen LogP contribution in [-0.4, -0.2) is 37.1 Å². The maximum atomic E-state index is 12.4. The van der Waals surface area contributed by atoms with Gasteiger partial charge in [-0.1, -0.05) is 12.8 Å². The lowest BCUT2D eigenvalue weighted by Crippen LogP contribution is -2.52. The van der Waals surface area contributed by atoms with Gasteiger partial charge >= 0.3 is 0 Å². The van der Waals surface area contributed by atoms with Crippen molar-refractivity contribution in [2.75, 3.05) is 13.1 Å². The van der Waals surface area contributed by atoms with E-state index in [9.17, 15) is 8.42 Å². The van der Waals surface area contributed by atoms with Gasteiger partial charge in [0.1, 0.15) is 0 Å². The summed E-state index contributed by atoms with van der Waals surface area (Å²) in [4.78, 5) is 0. The normalized spacial score (nSPS) is 33.1. The van der Waals surface area contributed by atoms with Crippen molar-refractivity contribution in [2.45, 2.75) is 56.7 Å². The van der Waals surface area contributed by atoms with E-state index in [0.717, 1.165) is 12.8 Å². The van der Waals surface area contributed by atoms with Crippen LogP contribution in [0.5, 0.6) is 0 Å². The molecule has 1 heterocycles. The van der Waals surface area contributed by atoms with Crippen LogP contribution < -0.4 is 5.73 Å². The van der Waals surface area contributed by atoms with Crippen LogP contribution in [0.3, 0.4) is 0 Å². The number of fused-ring (bicyclic) bond motifs is 1. The first kappa shape index (κ1) is 13.3. The highest BCUT2D eigenvalue weighted by atomic mass is 32.2. The Bertz CT molecular complexity index is 354. The molecule has 3 atom stereocenters. The fraction of sp³-hybridized carbons (Fsp3) is 1.00. The van der Waals surface area contributed by atoms with Crippen molar-refractivity contribution in [3.63, 3.8) is 0 Å². The standard InChI is InChI=1S/C12H24N2O2S/c1-10(9-13)17(15,16)14-8-4-6-11-5-2-3-7-12(11)14/h10-12H,2-9,13H2,1H3. The fourth-order valence-corrected chi connectivity index (χ4v) is 4.99. The lowest BCUT2D eigenvalue weighted by atomic mass is 9.79. The molecule has 0 aromatic heterocycles. The summed E-state index contributed by atoms with van der Waals surface area (Å²) in [6.07, 6.45) is 6.89. The average Bonchev–Trinajstić information content (AvgIpc) is 2.37. The predicted molar refractivity (Wildman–Crippen MR) is 69.1 cm³/mol. The number of hydrogen-bond acceptors (Lipinski definition) is 3. The number of hydrogen-bond donors (Lipinski definition) is 1. The third kappa shape index (κ3) is 2.51. The van der Waals surface area contributed by atoms with Crippen molar-refractivity contribution in [1.82, 2.24) is 4.31 Å². The van der Waals surface area contributed by atoms with Crippen LogP contribution in [0.25, 0.3) is 0 Å². The maximum Gasteiger partial charge on any atom is 0.218 e. The van der Waals surface area contributed by atoms with Gasteiger partial charge in [0.15, 0.2) is 0 Å². The first-order valence-corrected chi connectivity index (χ1v) is 8.28. The van der Waals surface area contributed by atoms with Crippen LogP contribution in [-0.2, 0) is 10.0 Å². The highest BCUT2D eigenvalue weighted by Gasteiger charge is 2.40. The van der Waals surface area contributed by atoms with Crippen LogP contribution >= 0.6 is 0 Å². The molecule has 1 aliphatic carbocycles. The minimum absolute atomic E-state index is 0.218. The molecule has 3 unspecified atom stereocenters. The number of piperidine rings is 1. The Morgan fingerprint density at radius 1 is 1.24 bits per heavy atom. The average molecular weight is 260 g/mol. The second kappa shape index (κ2) is 5.24. The van der Waals surface area contributed by atoms with Gasteiger partial charge in [0, 0.05) is 19.1 Å². The van der Waals surface area contributed by atoms with Crippen LogP contribution in [0.15, 0.2) is 0 Å². The van der Waals surface area contributed by atoms with Crippen LogP contribution in [0.4, 0.5) is 0 Å². The Morgan fingerprint density at radius 3 is 2.59 bits per heavy atom. The number of nitrogens with two attached hydrogens (primary N) is 1. The van der Waals surface area contributed by atoms with E-state index in [2.05, 4.69) is 0 Å². The van der Waals surface area contributed by atoms with Gasteiger partial charge in [-0.3, -0.25) is 0 Å². The van der Waals surface area contributed by atoms with Crippen LogP contribution in [0.1, 0.15) is 45.4 Å². The molecule has 17 heavy (non-hydrogen) atoms. The van der Waals surface area contributed by atoms with Gasteiger partial charge in [0.25, 0.3) is 0 Å². The molecule has 2 N–H and O–H groups in total. The quantitative estimate of drug-likeness (QED) is 0.832. The van der Waals surface area contributed by atoms with E-state index in [1.165, 1.54) is 25.7 Å². The summed E-state index contributed by atoms with van der Waals surface area (Å²) in [6, 6.07) is 0.261. The van der Waals surface area contributed by atoms with Crippen LogP contribution in [0.2, 0.25) is 0 Å². The van der Waals surface area contributed by atoms with E-state index in [1.54, 1.807) is 11.2 Å². The summed E-state index contributed by atoms with van der Waals surface area (Å²) < 4.78 is 26.6. The lowest BCUT2D eigenvalue weighted by molar-refractivity contribution is 0.128. The molecule has 0 bridgehead atoms. The molecule has 0 amide bonds. The van der Waals surface area contributed by atoms with E-state index in [4.69, 9.17) is 5.73 Å². The predicted octanol–water partition coefficient (Wildman–Crippen LogP) is 1.32. The first-order chi connectivity index (χ1) is 8.07. The molecular weight excluding hydrogens is 236 g/mol. The molecule has 0 spiro atoms. The van der Waals surface area contributed by atoms with Crippen molar-refractivity contribution in [1.29, 1.82) is 0 Å². The third-order valence-electron chi connectivity index (χ3n) is 4.36. The topological polar surface area (TPSA) is 63.4 Å². The molecule has 2 aliphatic rings. The zero-order valence-electron chi connectivity index (χ0n) is 10.6. The SMILES string of the molecule is CC(CN)S(=O)(=O)N1CCCC2CCCCC21. The molecule has 0 aromatic carbocycles. The van der Waals surface area contributed by atoms with Crippen molar-refractivity contribution in [2.24, 2.45) is 11.7 Å². The van der Waals surface area contributed by atoms with E-state index in [-0.39, 0.29) is 12.6 Å². The van der Waals surface area contributed by atoms with Gasteiger partial charge in [0.05, 0.1) is 5.25 Å². The van der Waals surface area contributed by atoms with E-state index >= 15 is 0 Å². The monoisotopic (exact) mass is 260 g/mol. The van der Waals surface area contributed by atoms with Gasteiger partial charge in [-0.25, -0.2) is 8.42 Å². The molecule has 1 saturated heterocycles. The highest BCUT2D eigenvalue weighted by Crippen LogP contribution is 2.37. The molecule has 5 heteroatoms. The second-order valence-electron chi connectivity index (χ2n) is 5.46. The molecule has 2 fully saturated rings. The summed E-state index contributed by atoms with van der Waals surface area (Å²) in [7, 11) is -3.17. The Labute approximate surface area is 105 Å². The molecule has 1 aliphatic heterocycles. The van der Waals surface area contributed by atoms with Crippen molar-refractivity contribution in [3.05, 3.63) is 0 Å². The van der Waals surface area contributed by atoms with Crippen molar-refractivity contribution in [3.8, 4) is 0 Å². The Hall–Kier alpha value is -0.130. The summed E-state index contributed by atoms with van der Waals surface area (Å²) in [6.45, 7) is 2.64. The van der Waals surface area contributed by atoms with E-state index in [0.29, 0.717) is 12.5 Å². The third-order valence-corrected chi connectivity index (χ3v) is 6.68. The van der Waals surface area contributed by atoms with Gasteiger partial charge in [0.2, 0.25) is 10.0 Å². The molecule has 2 rings (SSSR count). The van der Waals surface area contributed by atoms with Gasteiger partial charge in [-0.05, 0) is 38.5 Å². The number of nitrogens with zero attached hydrogens (tertiary/aromatic N) is 1.